The van der Waals surface area contributed by atoms with Crippen LogP contribution < -0.4 is 0 Å². The molecule has 2 heteroatoms. The number of rotatable bonds is 0. The van der Waals surface area contributed by atoms with Crippen molar-refractivity contribution in [2.75, 3.05) is 0 Å². The number of fused-ring (bicyclic) bond motifs is 1. The molecule has 0 fully saturated rings. The molecule has 1 aliphatic carbocycles. The van der Waals surface area contributed by atoms with E-state index in [4.69, 9.17) is 4.74 Å². The van der Waals surface area contributed by atoms with Crippen molar-refractivity contribution in [3.63, 3.8) is 0 Å². The van der Waals surface area contributed by atoms with Gasteiger partial charge in [-0.1, -0.05) is 26.0 Å². The third-order valence-electron chi connectivity index (χ3n) is 1.96. The summed E-state index contributed by atoms with van der Waals surface area (Å²) < 4.78 is 4.98. The van der Waals surface area contributed by atoms with E-state index in [1.54, 1.807) is 0 Å². The number of hydrogen-bond acceptors (Lipinski definition) is 2. The summed E-state index contributed by atoms with van der Waals surface area (Å²) in [5, 5.41) is 0. The predicted octanol–water partition coefficient (Wildman–Crippen LogP) is 1.95. The summed E-state index contributed by atoms with van der Waals surface area (Å²) in [6.45, 7) is 4.14. The minimum atomic E-state index is -0.265. The zero-order valence-corrected chi connectivity index (χ0v) is 7.13. The normalized spacial score (nSPS) is 24.3. The van der Waals surface area contributed by atoms with Crippen LogP contribution in [0.4, 0.5) is 0 Å². The van der Waals surface area contributed by atoms with Crippen LogP contribution in [0.3, 0.4) is 0 Å². The van der Waals surface area contributed by atoms with Crippen LogP contribution >= 0.6 is 0 Å². The zero-order chi connectivity index (χ0) is 8.77. The lowest BCUT2D eigenvalue weighted by Crippen LogP contribution is -2.08. The molecule has 2 aliphatic rings. The standard InChI is InChI=1S/C10H10O2/c1-10(2)4-3-7-5-9(11)12-8(7)6-10/h3-6H,1-2H3. The van der Waals surface area contributed by atoms with Crippen molar-refractivity contribution in [3.05, 3.63) is 35.6 Å². The van der Waals surface area contributed by atoms with E-state index in [0.29, 0.717) is 5.76 Å². The Balaban J connectivity index is 2.42. The van der Waals surface area contributed by atoms with Gasteiger partial charge in [0.25, 0.3) is 0 Å². The highest BCUT2D eigenvalue weighted by atomic mass is 16.5. The Morgan fingerprint density at radius 1 is 1.42 bits per heavy atom. The topological polar surface area (TPSA) is 26.3 Å². The first-order chi connectivity index (χ1) is 5.57. The highest BCUT2D eigenvalue weighted by molar-refractivity contribution is 5.89. The summed E-state index contributed by atoms with van der Waals surface area (Å²) in [5.74, 6) is 0.436. The van der Waals surface area contributed by atoms with E-state index in [2.05, 4.69) is 19.9 Å². The molecule has 1 aliphatic heterocycles. The molecule has 2 rings (SSSR count). The quantitative estimate of drug-likeness (QED) is 0.509. The van der Waals surface area contributed by atoms with Crippen LogP contribution in [0.2, 0.25) is 0 Å². The SMILES string of the molecule is CC1(C)C=CC2=CC(=O)OC2=C1. The van der Waals surface area contributed by atoms with E-state index in [-0.39, 0.29) is 11.4 Å². The second kappa shape index (κ2) is 2.09. The van der Waals surface area contributed by atoms with Gasteiger partial charge in [0.2, 0.25) is 0 Å². The van der Waals surface area contributed by atoms with Gasteiger partial charge >= 0.3 is 5.97 Å². The highest BCUT2D eigenvalue weighted by Gasteiger charge is 2.25. The van der Waals surface area contributed by atoms with E-state index >= 15 is 0 Å². The number of allylic oxidation sites excluding steroid dienone is 3. The largest absolute Gasteiger partial charge is 0.423 e. The number of esters is 1. The van der Waals surface area contributed by atoms with Crippen LogP contribution in [0.1, 0.15) is 13.8 Å². The van der Waals surface area contributed by atoms with Gasteiger partial charge in [-0.15, -0.1) is 0 Å². The molecule has 0 aromatic carbocycles. The molecular weight excluding hydrogens is 152 g/mol. The highest BCUT2D eigenvalue weighted by Crippen LogP contribution is 2.33. The maximum Gasteiger partial charge on any atom is 0.336 e. The van der Waals surface area contributed by atoms with Gasteiger partial charge in [-0.3, -0.25) is 0 Å². The zero-order valence-electron chi connectivity index (χ0n) is 7.13. The molecule has 0 bridgehead atoms. The fraction of sp³-hybridized carbons (Fsp3) is 0.300. The van der Waals surface area contributed by atoms with Crippen LogP contribution in [0.5, 0.6) is 0 Å². The van der Waals surface area contributed by atoms with E-state index in [1.807, 2.05) is 12.2 Å². The van der Waals surface area contributed by atoms with Gasteiger partial charge < -0.3 is 4.74 Å². The Bertz CT molecular complexity index is 330. The molecule has 0 unspecified atom stereocenters. The van der Waals surface area contributed by atoms with Gasteiger partial charge in [-0.05, 0) is 6.08 Å². The fourth-order valence-corrected chi connectivity index (χ4v) is 1.33. The second-order valence-corrected chi connectivity index (χ2v) is 3.68. The van der Waals surface area contributed by atoms with E-state index in [0.717, 1.165) is 5.57 Å². The average molecular weight is 162 g/mol. The molecule has 0 atom stereocenters. The molecule has 0 spiro atoms. The molecule has 0 aromatic rings. The fourth-order valence-electron chi connectivity index (χ4n) is 1.33. The van der Waals surface area contributed by atoms with Crippen molar-refractivity contribution in [1.82, 2.24) is 0 Å². The van der Waals surface area contributed by atoms with Crippen LogP contribution in [0.25, 0.3) is 0 Å². The number of ether oxygens (including phenoxy) is 1. The first-order valence-corrected chi connectivity index (χ1v) is 3.93. The average Bonchev–Trinajstić information content (AvgIpc) is 2.26. The lowest BCUT2D eigenvalue weighted by atomic mass is 9.87. The molecule has 0 N–H and O–H groups in total. The lowest BCUT2D eigenvalue weighted by Gasteiger charge is -2.19. The van der Waals surface area contributed by atoms with E-state index in [1.165, 1.54) is 6.08 Å². The van der Waals surface area contributed by atoms with E-state index in [9.17, 15) is 4.79 Å². The first-order valence-electron chi connectivity index (χ1n) is 3.93. The van der Waals surface area contributed by atoms with Crippen molar-refractivity contribution in [2.45, 2.75) is 13.8 Å². The number of carbonyl (C=O) groups is 1. The summed E-state index contributed by atoms with van der Waals surface area (Å²) in [6, 6.07) is 0. The summed E-state index contributed by atoms with van der Waals surface area (Å²) in [7, 11) is 0. The lowest BCUT2D eigenvalue weighted by molar-refractivity contribution is -0.132. The monoisotopic (exact) mass is 162 g/mol. The van der Waals surface area contributed by atoms with Crippen LogP contribution in [-0.4, -0.2) is 5.97 Å². The minimum Gasteiger partial charge on any atom is -0.423 e. The van der Waals surface area contributed by atoms with Crippen LogP contribution in [0, 0.1) is 5.41 Å². The molecule has 1 heterocycles. The maximum absolute atomic E-state index is 10.8. The molecular formula is C10H10O2. The van der Waals surface area contributed by atoms with Crippen molar-refractivity contribution in [1.29, 1.82) is 0 Å². The van der Waals surface area contributed by atoms with Gasteiger partial charge in [-0.2, -0.15) is 0 Å². The summed E-state index contributed by atoms with van der Waals surface area (Å²) in [6.07, 6.45) is 7.46. The Morgan fingerprint density at radius 3 is 2.92 bits per heavy atom. The Morgan fingerprint density at radius 2 is 2.17 bits per heavy atom. The number of hydrogen-bond donors (Lipinski definition) is 0. The molecule has 0 saturated heterocycles. The second-order valence-electron chi connectivity index (χ2n) is 3.68. The maximum atomic E-state index is 10.8. The van der Waals surface area contributed by atoms with Crippen molar-refractivity contribution in [2.24, 2.45) is 5.41 Å². The van der Waals surface area contributed by atoms with Crippen LogP contribution in [-0.2, 0) is 9.53 Å². The predicted molar refractivity (Wildman–Crippen MR) is 45.2 cm³/mol. The van der Waals surface area contributed by atoms with Crippen LogP contribution in [0.15, 0.2) is 35.6 Å². The molecule has 0 saturated carbocycles. The van der Waals surface area contributed by atoms with Crippen molar-refractivity contribution < 1.29 is 9.53 Å². The third-order valence-corrected chi connectivity index (χ3v) is 1.96. The Labute approximate surface area is 71.2 Å². The summed E-state index contributed by atoms with van der Waals surface area (Å²) in [5.41, 5.74) is 0.886. The van der Waals surface area contributed by atoms with E-state index < -0.39 is 0 Å². The first kappa shape index (κ1) is 7.35. The number of carbonyl (C=O) groups excluding carboxylic acids is 1. The Hall–Kier alpha value is -1.31. The molecule has 0 amide bonds. The van der Waals surface area contributed by atoms with Gasteiger partial charge in [-0.25, -0.2) is 4.79 Å². The van der Waals surface area contributed by atoms with Gasteiger partial charge in [0.15, 0.2) is 0 Å². The molecule has 62 valence electrons. The molecule has 0 radical (unpaired) electrons. The van der Waals surface area contributed by atoms with Gasteiger partial charge in [0, 0.05) is 17.1 Å². The van der Waals surface area contributed by atoms with Crippen molar-refractivity contribution >= 4 is 5.97 Å². The van der Waals surface area contributed by atoms with Crippen molar-refractivity contribution in [3.8, 4) is 0 Å². The summed E-state index contributed by atoms with van der Waals surface area (Å²) >= 11 is 0. The minimum absolute atomic E-state index is 0.00269. The van der Waals surface area contributed by atoms with Gasteiger partial charge in [0.05, 0.1) is 0 Å². The molecule has 12 heavy (non-hydrogen) atoms. The smallest absolute Gasteiger partial charge is 0.336 e. The molecule has 0 aromatic heterocycles. The molecule has 2 nitrogen and oxygen atoms in total. The Kier molecular flexibility index (Phi) is 1.28. The third kappa shape index (κ3) is 1.09. The summed E-state index contributed by atoms with van der Waals surface area (Å²) in [4.78, 5) is 10.8. The van der Waals surface area contributed by atoms with Gasteiger partial charge in [0.1, 0.15) is 5.76 Å².